The number of fused-ring (bicyclic) bond motifs is 3. The van der Waals surface area contributed by atoms with E-state index < -0.39 is 28.9 Å². The van der Waals surface area contributed by atoms with Gasteiger partial charge in [-0.2, -0.15) is 0 Å². The Bertz CT molecular complexity index is 1300. The van der Waals surface area contributed by atoms with Crippen molar-refractivity contribution >= 4 is 29.0 Å². The van der Waals surface area contributed by atoms with E-state index in [2.05, 4.69) is 0 Å². The molecule has 0 aliphatic carbocycles. The third kappa shape index (κ3) is 3.76. The standard InChI is InChI=1S/C28H31N3O6/c1-4-12-30-20-9-6-5-8-19(20)28(27(30)35)23(25(33)26(34)31(28)14-7-13-29(2)3)24(32)18-10-11-21-22(17-18)37-16-15-36-21/h5-6,8-11,17,32H,4,7,12-16H2,1-3H3/b24-23+. The van der Waals surface area contributed by atoms with Gasteiger partial charge in [0.15, 0.2) is 17.0 Å². The zero-order valence-electron chi connectivity index (χ0n) is 21.3. The fraction of sp³-hybridized carbons (Fsp3) is 0.393. The number of nitrogens with zero attached hydrogens (tertiary/aromatic N) is 3. The fourth-order valence-corrected chi connectivity index (χ4v) is 5.49. The minimum atomic E-state index is -1.75. The van der Waals surface area contributed by atoms with Gasteiger partial charge in [-0.3, -0.25) is 14.4 Å². The van der Waals surface area contributed by atoms with Crippen LogP contribution in [-0.4, -0.2) is 79.4 Å². The van der Waals surface area contributed by atoms with E-state index in [1.165, 1.54) is 4.90 Å². The molecule has 1 saturated heterocycles. The molecule has 1 atom stereocenters. The summed E-state index contributed by atoms with van der Waals surface area (Å²) in [5, 5.41) is 11.6. The average Bonchev–Trinajstić information content (AvgIpc) is 3.27. The number of likely N-dealkylation sites (tertiary alicyclic amines) is 1. The molecule has 3 aliphatic heterocycles. The number of amides is 2. The summed E-state index contributed by atoms with van der Waals surface area (Å²) < 4.78 is 11.2. The van der Waals surface area contributed by atoms with E-state index in [1.807, 2.05) is 38.1 Å². The molecule has 2 amide bonds. The van der Waals surface area contributed by atoms with Gasteiger partial charge in [0.05, 0.1) is 11.3 Å². The van der Waals surface area contributed by atoms with Crippen LogP contribution in [0.2, 0.25) is 0 Å². The number of hydrogen-bond acceptors (Lipinski definition) is 7. The maximum absolute atomic E-state index is 14.3. The van der Waals surface area contributed by atoms with Crippen molar-refractivity contribution < 1.29 is 29.0 Å². The molecule has 0 aromatic heterocycles. The summed E-state index contributed by atoms with van der Waals surface area (Å²) in [6.45, 7) is 3.99. The molecular formula is C28H31N3O6. The third-order valence-electron chi connectivity index (χ3n) is 7.06. The second-order valence-corrected chi connectivity index (χ2v) is 9.71. The van der Waals surface area contributed by atoms with Gasteiger partial charge >= 0.3 is 0 Å². The van der Waals surface area contributed by atoms with Crippen LogP contribution < -0.4 is 14.4 Å². The number of ketones is 1. The minimum absolute atomic E-state index is 0.181. The second kappa shape index (κ2) is 9.55. The van der Waals surface area contributed by atoms with E-state index in [4.69, 9.17) is 9.47 Å². The first-order valence-electron chi connectivity index (χ1n) is 12.6. The Morgan fingerprint density at radius 2 is 1.76 bits per heavy atom. The molecule has 0 bridgehead atoms. The Morgan fingerprint density at radius 1 is 1.03 bits per heavy atom. The molecule has 0 saturated carbocycles. The summed E-state index contributed by atoms with van der Waals surface area (Å²) in [5.41, 5.74) is -0.522. The van der Waals surface area contributed by atoms with Gasteiger partial charge in [0.1, 0.15) is 19.0 Å². The Kier molecular flexibility index (Phi) is 6.41. The topological polar surface area (TPSA) is 99.6 Å². The predicted molar refractivity (Wildman–Crippen MR) is 138 cm³/mol. The number of aliphatic hydroxyl groups excluding tert-OH is 1. The molecule has 5 rings (SSSR count). The van der Waals surface area contributed by atoms with Crippen LogP contribution in [0.1, 0.15) is 30.9 Å². The molecule has 1 N–H and O–H groups in total. The highest BCUT2D eigenvalue weighted by Crippen LogP contribution is 2.53. The highest BCUT2D eigenvalue weighted by molar-refractivity contribution is 6.50. The lowest BCUT2D eigenvalue weighted by molar-refractivity contribution is -0.143. The third-order valence-corrected chi connectivity index (χ3v) is 7.06. The van der Waals surface area contributed by atoms with E-state index in [0.29, 0.717) is 61.9 Å². The zero-order chi connectivity index (χ0) is 26.3. The van der Waals surface area contributed by atoms with Crippen molar-refractivity contribution in [1.82, 2.24) is 9.80 Å². The molecule has 2 aromatic carbocycles. The van der Waals surface area contributed by atoms with Gasteiger partial charge < -0.3 is 29.3 Å². The zero-order valence-corrected chi connectivity index (χ0v) is 21.3. The van der Waals surface area contributed by atoms with Gasteiger partial charge in [0.2, 0.25) is 0 Å². The number of aliphatic hydroxyl groups is 1. The summed E-state index contributed by atoms with van der Waals surface area (Å²) in [6.07, 6.45) is 1.24. The van der Waals surface area contributed by atoms with Gasteiger partial charge in [-0.25, -0.2) is 0 Å². The molecule has 1 fully saturated rings. The van der Waals surface area contributed by atoms with Gasteiger partial charge in [-0.15, -0.1) is 0 Å². The summed E-state index contributed by atoms with van der Waals surface area (Å²) in [5.74, 6) is -1.53. The number of benzene rings is 2. The molecule has 9 heteroatoms. The van der Waals surface area contributed by atoms with Crippen molar-refractivity contribution in [3.05, 3.63) is 59.2 Å². The molecule has 37 heavy (non-hydrogen) atoms. The molecule has 9 nitrogen and oxygen atoms in total. The lowest BCUT2D eigenvalue weighted by Crippen LogP contribution is -2.52. The van der Waals surface area contributed by atoms with E-state index in [-0.39, 0.29) is 17.7 Å². The molecule has 3 heterocycles. The molecule has 0 radical (unpaired) electrons. The van der Waals surface area contributed by atoms with E-state index >= 15 is 0 Å². The summed E-state index contributed by atoms with van der Waals surface area (Å²) >= 11 is 0. The number of Topliss-reactive ketones (excluding diaryl/α,β-unsaturated/α-hetero) is 1. The van der Waals surface area contributed by atoms with Crippen LogP contribution in [0.3, 0.4) is 0 Å². The van der Waals surface area contributed by atoms with Crippen LogP contribution in [0.5, 0.6) is 11.5 Å². The van der Waals surface area contributed by atoms with E-state index in [0.717, 1.165) is 0 Å². The number of rotatable bonds is 7. The monoisotopic (exact) mass is 505 g/mol. The van der Waals surface area contributed by atoms with Crippen LogP contribution in [0.25, 0.3) is 5.76 Å². The van der Waals surface area contributed by atoms with Crippen LogP contribution in [0.4, 0.5) is 5.69 Å². The molecular weight excluding hydrogens is 474 g/mol. The van der Waals surface area contributed by atoms with Crippen LogP contribution in [-0.2, 0) is 19.9 Å². The van der Waals surface area contributed by atoms with Gasteiger partial charge in [0.25, 0.3) is 17.6 Å². The number of anilines is 1. The lowest BCUT2D eigenvalue weighted by atomic mass is 9.81. The molecule has 2 aromatic rings. The van der Waals surface area contributed by atoms with Crippen LogP contribution in [0.15, 0.2) is 48.0 Å². The highest BCUT2D eigenvalue weighted by Gasteiger charge is 2.66. The fourth-order valence-electron chi connectivity index (χ4n) is 5.49. The Morgan fingerprint density at radius 3 is 2.49 bits per heavy atom. The van der Waals surface area contributed by atoms with E-state index in [1.54, 1.807) is 35.2 Å². The second-order valence-electron chi connectivity index (χ2n) is 9.71. The summed E-state index contributed by atoms with van der Waals surface area (Å²) in [7, 11) is 3.84. The van der Waals surface area contributed by atoms with Gasteiger partial charge in [0, 0.05) is 24.2 Å². The number of hydrogen-bond donors (Lipinski definition) is 1. The lowest BCUT2D eigenvalue weighted by Gasteiger charge is -2.35. The largest absolute Gasteiger partial charge is 0.507 e. The van der Waals surface area contributed by atoms with Crippen molar-refractivity contribution in [1.29, 1.82) is 0 Å². The highest BCUT2D eigenvalue weighted by atomic mass is 16.6. The Labute approximate surface area is 215 Å². The molecule has 1 unspecified atom stereocenters. The minimum Gasteiger partial charge on any atom is -0.507 e. The van der Waals surface area contributed by atoms with Crippen molar-refractivity contribution in [2.75, 3.05) is 51.8 Å². The first-order valence-corrected chi connectivity index (χ1v) is 12.6. The smallest absolute Gasteiger partial charge is 0.296 e. The van der Waals surface area contributed by atoms with Crippen molar-refractivity contribution in [3.8, 4) is 11.5 Å². The quantitative estimate of drug-likeness (QED) is 0.351. The molecule has 1 spiro atoms. The maximum atomic E-state index is 14.3. The average molecular weight is 506 g/mol. The first-order chi connectivity index (χ1) is 17.8. The number of para-hydroxylation sites is 1. The normalized spacial score (nSPS) is 21.9. The Hall–Kier alpha value is -3.85. The maximum Gasteiger partial charge on any atom is 0.296 e. The summed E-state index contributed by atoms with van der Waals surface area (Å²) in [4.78, 5) is 46.5. The van der Waals surface area contributed by atoms with Crippen LogP contribution in [0, 0.1) is 0 Å². The van der Waals surface area contributed by atoms with Crippen molar-refractivity contribution in [2.24, 2.45) is 0 Å². The SMILES string of the molecule is CCCN1C(=O)C2(/C(=C(/O)c3ccc4c(c3)OCCO4)C(=O)C(=O)N2CCCN(C)C)c2ccccc21. The van der Waals surface area contributed by atoms with Crippen LogP contribution >= 0.6 is 0 Å². The first kappa shape index (κ1) is 24.8. The summed E-state index contributed by atoms with van der Waals surface area (Å²) in [6, 6.07) is 12.0. The van der Waals surface area contributed by atoms with E-state index in [9.17, 15) is 19.5 Å². The molecule has 194 valence electrons. The molecule has 3 aliphatic rings. The van der Waals surface area contributed by atoms with Crippen molar-refractivity contribution in [2.45, 2.75) is 25.3 Å². The van der Waals surface area contributed by atoms with Gasteiger partial charge in [-0.05, 0) is 57.7 Å². The Balaban J connectivity index is 1.74. The number of carbonyl (C=O) groups excluding carboxylic acids is 3. The predicted octanol–water partition coefficient (Wildman–Crippen LogP) is 2.74. The van der Waals surface area contributed by atoms with Gasteiger partial charge in [-0.1, -0.05) is 25.1 Å². The number of ether oxygens (including phenoxy) is 2. The number of carbonyl (C=O) groups is 3. The van der Waals surface area contributed by atoms with Crippen molar-refractivity contribution in [3.63, 3.8) is 0 Å².